The van der Waals surface area contributed by atoms with E-state index < -0.39 is 0 Å². The van der Waals surface area contributed by atoms with Crippen molar-refractivity contribution in [3.63, 3.8) is 0 Å². The van der Waals surface area contributed by atoms with Gasteiger partial charge in [0, 0.05) is 22.9 Å². The maximum Gasteiger partial charge on any atom is 0.213 e. The van der Waals surface area contributed by atoms with E-state index in [1.165, 1.54) is 0 Å². The summed E-state index contributed by atoms with van der Waals surface area (Å²) in [5.74, 6) is 0.804. The number of rotatable bonds is 4. The van der Waals surface area contributed by atoms with Crippen LogP contribution >= 0.6 is 34.5 Å². The molecule has 1 aliphatic rings. The summed E-state index contributed by atoms with van der Waals surface area (Å²) < 4.78 is 6.24. The van der Waals surface area contributed by atoms with Crippen LogP contribution in [0.2, 0.25) is 10.2 Å². The van der Waals surface area contributed by atoms with Gasteiger partial charge in [0.15, 0.2) is 0 Å². The van der Waals surface area contributed by atoms with Gasteiger partial charge in [0.05, 0.1) is 28.2 Å². The maximum atomic E-state index is 6.65. The van der Waals surface area contributed by atoms with E-state index in [1.54, 1.807) is 29.9 Å². The van der Waals surface area contributed by atoms with E-state index in [0.717, 1.165) is 28.1 Å². The highest BCUT2D eigenvalue weighted by atomic mass is 35.5. The van der Waals surface area contributed by atoms with Crippen molar-refractivity contribution in [2.75, 3.05) is 5.32 Å². The van der Waals surface area contributed by atoms with Gasteiger partial charge in [-0.2, -0.15) is 0 Å². The van der Waals surface area contributed by atoms with Crippen LogP contribution in [0.1, 0.15) is 29.5 Å². The van der Waals surface area contributed by atoms with Crippen LogP contribution < -0.4 is 11.1 Å². The van der Waals surface area contributed by atoms with Crippen LogP contribution in [0, 0.1) is 0 Å². The summed E-state index contributed by atoms with van der Waals surface area (Å²) in [4.78, 5) is 9.61. The maximum absolute atomic E-state index is 6.65. The molecule has 4 rings (SSSR count). The van der Waals surface area contributed by atoms with E-state index in [9.17, 15) is 0 Å². The van der Waals surface area contributed by atoms with Crippen LogP contribution in [0.4, 0.5) is 5.69 Å². The predicted octanol–water partition coefficient (Wildman–Crippen LogP) is 4.96. The highest BCUT2D eigenvalue weighted by molar-refractivity contribution is 7.20. The molecule has 5 nitrogen and oxygen atoms in total. The third-order valence-electron chi connectivity index (χ3n) is 4.31. The molecule has 130 valence electrons. The molecule has 0 aromatic carbocycles. The van der Waals surface area contributed by atoms with Gasteiger partial charge in [0.25, 0.3) is 0 Å². The number of thiophene rings is 1. The fourth-order valence-corrected chi connectivity index (χ4v) is 5.00. The Morgan fingerprint density at radius 2 is 2.16 bits per heavy atom. The number of pyridine rings is 1. The zero-order valence-corrected chi connectivity index (χ0v) is 15.5. The van der Waals surface area contributed by atoms with Crippen molar-refractivity contribution in [1.29, 1.82) is 0 Å². The zero-order valence-electron chi connectivity index (χ0n) is 13.2. The smallest absolute Gasteiger partial charge is 0.213 e. The standard InChI is InChI=1S/C17H16Cl2N4OS/c18-12-7-11(22-8-13-21-5-6-24-13)17-15(23-12)14(19)16(25-17)9-3-1-2-4-10(9)20/h1-2,5-7,9-10H,3-4,8,20H2,(H,22,23)/t9-,10-/m0/s1. The topological polar surface area (TPSA) is 77.0 Å². The third-order valence-corrected chi connectivity index (χ3v) is 6.34. The van der Waals surface area contributed by atoms with Crippen molar-refractivity contribution >= 4 is 50.4 Å². The molecular formula is C17H16Cl2N4OS. The first-order valence-corrected chi connectivity index (χ1v) is 9.52. The van der Waals surface area contributed by atoms with E-state index in [4.69, 9.17) is 33.4 Å². The molecule has 0 unspecified atom stereocenters. The lowest BCUT2D eigenvalue weighted by Crippen LogP contribution is -2.29. The molecule has 3 heterocycles. The minimum Gasteiger partial charge on any atom is -0.447 e. The molecule has 3 aromatic heterocycles. The number of hydrogen-bond donors (Lipinski definition) is 2. The van der Waals surface area contributed by atoms with E-state index in [0.29, 0.717) is 28.1 Å². The quantitative estimate of drug-likeness (QED) is 0.482. The van der Waals surface area contributed by atoms with Crippen LogP contribution in [0.25, 0.3) is 10.2 Å². The molecule has 0 fully saturated rings. The molecule has 0 aliphatic heterocycles. The number of nitrogens with zero attached hydrogens (tertiary/aromatic N) is 2. The van der Waals surface area contributed by atoms with Gasteiger partial charge in [-0.15, -0.1) is 11.3 Å². The van der Waals surface area contributed by atoms with Gasteiger partial charge >= 0.3 is 0 Å². The zero-order chi connectivity index (χ0) is 17.4. The van der Waals surface area contributed by atoms with Crippen LogP contribution in [-0.2, 0) is 6.54 Å². The number of allylic oxidation sites excluding steroid dienone is 1. The van der Waals surface area contributed by atoms with Gasteiger partial charge in [-0.05, 0) is 12.8 Å². The van der Waals surface area contributed by atoms with Crippen molar-refractivity contribution < 1.29 is 4.42 Å². The molecule has 0 saturated heterocycles. The van der Waals surface area contributed by atoms with E-state index in [1.807, 2.05) is 0 Å². The molecule has 8 heteroatoms. The fraction of sp³-hybridized carbons (Fsp3) is 0.294. The Kier molecular flexibility index (Phi) is 4.69. The summed E-state index contributed by atoms with van der Waals surface area (Å²) in [6.07, 6.45) is 9.20. The Morgan fingerprint density at radius 3 is 2.92 bits per heavy atom. The summed E-state index contributed by atoms with van der Waals surface area (Å²) >= 11 is 14.5. The Labute approximate surface area is 158 Å². The van der Waals surface area contributed by atoms with E-state index >= 15 is 0 Å². The van der Waals surface area contributed by atoms with Crippen molar-refractivity contribution in [1.82, 2.24) is 9.97 Å². The second kappa shape index (κ2) is 6.96. The second-order valence-corrected chi connectivity index (χ2v) is 7.76. The summed E-state index contributed by atoms with van der Waals surface area (Å²) in [5, 5.41) is 4.35. The van der Waals surface area contributed by atoms with Gasteiger partial charge in [0.2, 0.25) is 5.89 Å². The summed E-state index contributed by atoms with van der Waals surface area (Å²) in [7, 11) is 0. The lowest BCUT2D eigenvalue weighted by Gasteiger charge is -2.24. The Hall–Kier alpha value is -1.60. The summed E-state index contributed by atoms with van der Waals surface area (Å²) in [6.45, 7) is 0.457. The molecule has 3 N–H and O–H groups in total. The normalized spacial score (nSPS) is 20.3. The number of nitrogens with two attached hydrogens (primary N) is 1. The fourth-order valence-electron chi connectivity index (χ4n) is 3.04. The minimum absolute atomic E-state index is 0.0646. The van der Waals surface area contributed by atoms with Crippen molar-refractivity contribution in [2.45, 2.75) is 31.3 Å². The number of fused-ring (bicyclic) bond motifs is 1. The first kappa shape index (κ1) is 16.8. The largest absolute Gasteiger partial charge is 0.447 e. The number of halogens is 2. The molecule has 0 radical (unpaired) electrons. The number of anilines is 1. The lowest BCUT2D eigenvalue weighted by atomic mass is 9.88. The number of nitrogens with one attached hydrogen (secondary N) is 1. The van der Waals surface area contributed by atoms with Gasteiger partial charge in [0.1, 0.15) is 16.9 Å². The van der Waals surface area contributed by atoms with E-state index in [2.05, 4.69) is 27.4 Å². The molecule has 1 aliphatic carbocycles. The second-order valence-electron chi connectivity index (χ2n) is 5.94. The molecule has 25 heavy (non-hydrogen) atoms. The molecule has 3 aromatic rings. The average molecular weight is 395 g/mol. The lowest BCUT2D eigenvalue weighted by molar-refractivity contribution is 0.504. The first-order valence-electron chi connectivity index (χ1n) is 7.94. The molecular weight excluding hydrogens is 379 g/mol. The number of hydrogen-bond acceptors (Lipinski definition) is 6. The van der Waals surface area contributed by atoms with Gasteiger partial charge < -0.3 is 15.5 Å². The van der Waals surface area contributed by atoms with Crippen LogP contribution in [0.3, 0.4) is 0 Å². The van der Waals surface area contributed by atoms with Crippen LogP contribution in [0.5, 0.6) is 0 Å². The highest BCUT2D eigenvalue weighted by Gasteiger charge is 2.27. The minimum atomic E-state index is 0.0646. The van der Waals surface area contributed by atoms with Crippen LogP contribution in [0.15, 0.2) is 35.1 Å². The van der Waals surface area contributed by atoms with Crippen molar-refractivity contribution in [3.05, 3.63) is 51.6 Å². The average Bonchev–Trinajstić information content (AvgIpc) is 3.22. The monoisotopic (exact) mass is 394 g/mol. The van der Waals surface area contributed by atoms with Crippen LogP contribution in [-0.4, -0.2) is 16.0 Å². The van der Waals surface area contributed by atoms with Gasteiger partial charge in [-0.25, -0.2) is 9.97 Å². The Morgan fingerprint density at radius 1 is 1.32 bits per heavy atom. The van der Waals surface area contributed by atoms with Gasteiger partial charge in [-0.3, -0.25) is 0 Å². The third kappa shape index (κ3) is 3.27. The molecule has 0 amide bonds. The van der Waals surface area contributed by atoms with Crippen molar-refractivity contribution in [2.24, 2.45) is 5.73 Å². The summed E-state index contributed by atoms with van der Waals surface area (Å²) in [5.41, 5.74) is 7.89. The molecule has 2 atom stereocenters. The highest BCUT2D eigenvalue weighted by Crippen LogP contribution is 2.45. The SMILES string of the molecule is N[C@H]1CC=CC[C@@H]1c1sc2c(NCc3ncco3)cc(Cl)nc2c1Cl. The molecule has 0 bridgehead atoms. The predicted molar refractivity (Wildman–Crippen MR) is 103 cm³/mol. The van der Waals surface area contributed by atoms with Crippen molar-refractivity contribution in [3.8, 4) is 0 Å². The Bertz CT molecular complexity index is 923. The number of oxazole rings is 1. The Balaban J connectivity index is 1.73. The van der Waals surface area contributed by atoms with E-state index in [-0.39, 0.29) is 12.0 Å². The van der Waals surface area contributed by atoms with Gasteiger partial charge in [-0.1, -0.05) is 35.4 Å². The molecule has 0 saturated carbocycles. The first-order chi connectivity index (χ1) is 12.1. The molecule has 0 spiro atoms. The summed E-state index contributed by atoms with van der Waals surface area (Å²) in [6, 6.07) is 1.86. The number of aromatic nitrogens is 2.